The van der Waals surface area contributed by atoms with Crippen molar-refractivity contribution in [3.63, 3.8) is 0 Å². The number of halogens is 2. The van der Waals surface area contributed by atoms with Crippen molar-refractivity contribution in [2.75, 3.05) is 0 Å². The van der Waals surface area contributed by atoms with Gasteiger partial charge in [0.2, 0.25) is 10.0 Å². The molecule has 18 heavy (non-hydrogen) atoms. The summed E-state index contributed by atoms with van der Waals surface area (Å²) in [4.78, 5) is 10.8. The summed E-state index contributed by atoms with van der Waals surface area (Å²) < 4.78 is 26.5. The molecule has 0 aliphatic rings. The molecule has 0 heterocycles. The molecule has 5 nitrogen and oxygen atoms in total. The summed E-state index contributed by atoms with van der Waals surface area (Å²) in [5, 5.41) is 9.26. The SMILES string of the molecule is CC(C)(NS(=O)(=O)c1ccc(Cl)c(Br)c1)C(=O)O. The van der Waals surface area contributed by atoms with Gasteiger partial charge < -0.3 is 5.11 Å². The van der Waals surface area contributed by atoms with E-state index in [4.69, 9.17) is 16.7 Å². The molecule has 8 heteroatoms. The number of hydrogen-bond donors (Lipinski definition) is 2. The standard InChI is InChI=1S/C10H11BrClNO4S/c1-10(2,9(14)15)13-18(16,17)6-3-4-8(12)7(11)5-6/h3-5,13H,1-2H3,(H,14,15). The first-order valence-corrected chi connectivity index (χ1v) is 7.44. The van der Waals surface area contributed by atoms with E-state index in [-0.39, 0.29) is 4.90 Å². The van der Waals surface area contributed by atoms with Crippen molar-refractivity contribution in [1.29, 1.82) is 0 Å². The van der Waals surface area contributed by atoms with Crippen LogP contribution >= 0.6 is 27.5 Å². The Hall–Kier alpha value is -0.630. The van der Waals surface area contributed by atoms with Gasteiger partial charge >= 0.3 is 5.97 Å². The number of sulfonamides is 1. The predicted octanol–water partition coefficient (Wildman–Crippen LogP) is 2.24. The second kappa shape index (κ2) is 5.16. The Balaban J connectivity index is 3.15. The first kappa shape index (κ1) is 15.4. The van der Waals surface area contributed by atoms with Crippen LogP contribution in [0.4, 0.5) is 0 Å². The fraction of sp³-hybridized carbons (Fsp3) is 0.300. The molecule has 0 unspecified atom stereocenters. The zero-order valence-electron chi connectivity index (χ0n) is 9.57. The lowest BCUT2D eigenvalue weighted by atomic mass is 10.1. The highest BCUT2D eigenvalue weighted by molar-refractivity contribution is 9.10. The predicted molar refractivity (Wildman–Crippen MR) is 71.2 cm³/mol. The minimum absolute atomic E-state index is 0.0619. The maximum absolute atomic E-state index is 12.0. The molecule has 0 radical (unpaired) electrons. The lowest BCUT2D eigenvalue weighted by Gasteiger charge is -2.20. The highest BCUT2D eigenvalue weighted by Gasteiger charge is 2.33. The van der Waals surface area contributed by atoms with Gasteiger partial charge in [-0.2, -0.15) is 4.72 Å². The lowest BCUT2D eigenvalue weighted by molar-refractivity contribution is -0.142. The highest BCUT2D eigenvalue weighted by atomic mass is 79.9. The Morgan fingerprint density at radius 3 is 2.44 bits per heavy atom. The van der Waals surface area contributed by atoms with Gasteiger partial charge in [-0.25, -0.2) is 8.42 Å². The molecule has 0 aromatic heterocycles. The largest absolute Gasteiger partial charge is 0.480 e. The summed E-state index contributed by atoms with van der Waals surface area (Å²) in [6, 6.07) is 4.02. The van der Waals surface area contributed by atoms with E-state index in [0.717, 1.165) is 0 Å². The first-order valence-electron chi connectivity index (χ1n) is 4.79. The van der Waals surface area contributed by atoms with Crippen LogP contribution in [-0.4, -0.2) is 25.0 Å². The number of aliphatic carboxylic acids is 1. The van der Waals surface area contributed by atoms with Crippen LogP contribution in [0.25, 0.3) is 0 Å². The topological polar surface area (TPSA) is 83.5 Å². The molecule has 0 aliphatic heterocycles. The highest BCUT2D eigenvalue weighted by Crippen LogP contribution is 2.25. The Morgan fingerprint density at radius 2 is 2.00 bits per heavy atom. The van der Waals surface area contributed by atoms with Crippen molar-refractivity contribution >= 4 is 43.5 Å². The molecule has 0 spiro atoms. The second-order valence-electron chi connectivity index (χ2n) is 4.11. The summed E-state index contributed by atoms with van der Waals surface area (Å²) in [5.41, 5.74) is -1.59. The number of rotatable bonds is 4. The molecule has 1 aromatic rings. The summed E-state index contributed by atoms with van der Waals surface area (Å²) in [5.74, 6) is -1.26. The smallest absolute Gasteiger partial charge is 0.324 e. The molecule has 1 aromatic carbocycles. The summed E-state index contributed by atoms with van der Waals surface area (Å²) in [6.45, 7) is 2.52. The third kappa shape index (κ3) is 3.44. The van der Waals surface area contributed by atoms with Crippen molar-refractivity contribution in [3.8, 4) is 0 Å². The third-order valence-corrected chi connectivity index (χ3v) is 4.99. The first-order chi connectivity index (χ1) is 8.06. The number of benzene rings is 1. The minimum atomic E-state index is -3.92. The van der Waals surface area contributed by atoms with Crippen molar-refractivity contribution in [1.82, 2.24) is 4.72 Å². The lowest BCUT2D eigenvalue weighted by Crippen LogP contribution is -2.49. The van der Waals surface area contributed by atoms with Gasteiger partial charge in [0.25, 0.3) is 0 Å². The molecule has 0 atom stereocenters. The molecule has 0 aliphatic carbocycles. The van der Waals surface area contributed by atoms with Crippen molar-refractivity contribution in [2.24, 2.45) is 0 Å². The number of carbonyl (C=O) groups is 1. The Kier molecular flexibility index (Phi) is 4.42. The van der Waals surface area contributed by atoms with Crippen molar-refractivity contribution in [3.05, 3.63) is 27.7 Å². The van der Waals surface area contributed by atoms with Crippen LogP contribution in [0.15, 0.2) is 27.6 Å². The van der Waals surface area contributed by atoms with Gasteiger partial charge in [-0.3, -0.25) is 4.79 Å². The number of nitrogens with one attached hydrogen (secondary N) is 1. The number of hydrogen-bond acceptors (Lipinski definition) is 3. The van der Waals surface area contributed by atoms with E-state index >= 15 is 0 Å². The van der Waals surface area contributed by atoms with Crippen LogP contribution in [0.1, 0.15) is 13.8 Å². The van der Waals surface area contributed by atoms with Crippen molar-refractivity contribution in [2.45, 2.75) is 24.3 Å². The van der Waals surface area contributed by atoms with Crippen LogP contribution < -0.4 is 4.72 Å². The maximum atomic E-state index is 12.0. The fourth-order valence-electron chi connectivity index (χ4n) is 1.08. The number of carboxylic acids is 1. The zero-order chi connectivity index (χ0) is 14.1. The van der Waals surface area contributed by atoms with Crippen LogP contribution in [0.3, 0.4) is 0 Å². The fourth-order valence-corrected chi connectivity index (χ4v) is 3.13. The van der Waals surface area contributed by atoms with E-state index < -0.39 is 21.5 Å². The molecular weight excluding hydrogens is 346 g/mol. The normalized spacial score (nSPS) is 12.4. The number of carboxylic acid groups (broad SMARTS) is 1. The zero-order valence-corrected chi connectivity index (χ0v) is 12.7. The summed E-state index contributed by atoms with van der Waals surface area (Å²) in [6.07, 6.45) is 0. The molecule has 0 bridgehead atoms. The molecule has 0 saturated carbocycles. The van der Waals surface area contributed by atoms with Gasteiger partial charge in [-0.15, -0.1) is 0 Å². The molecule has 100 valence electrons. The summed E-state index contributed by atoms with van der Waals surface area (Å²) >= 11 is 8.86. The molecule has 0 amide bonds. The van der Waals surface area contributed by atoms with Gasteiger partial charge in [0.15, 0.2) is 0 Å². The van der Waals surface area contributed by atoms with Gasteiger partial charge in [0, 0.05) is 4.47 Å². The van der Waals surface area contributed by atoms with Gasteiger partial charge in [-0.05, 0) is 48.0 Å². The third-order valence-electron chi connectivity index (χ3n) is 2.13. The van der Waals surface area contributed by atoms with E-state index in [0.29, 0.717) is 9.50 Å². The van der Waals surface area contributed by atoms with E-state index in [1.807, 2.05) is 0 Å². The Bertz CT molecular complexity index is 586. The molecular formula is C10H11BrClNO4S. The quantitative estimate of drug-likeness (QED) is 0.866. The van der Waals surface area contributed by atoms with Crippen molar-refractivity contribution < 1.29 is 18.3 Å². The van der Waals surface area contributed by atoms with Gasteiger partial charge in [-0.1, -0.05) is 11.6 Å². The van der Waals surface area contributed by atoms with E-state index in [1.54, 1.807) is 0 Å². The average Bonchev–Trinajstić information content (AvgIpc) is 2.20. The van der Waals surface area contributed by atoms with E-state index in [1.165, 1.54) is 32.0 Å². The molecule has 1 rings (SSSR count). The van der Waals surface area contributed by atoms with E-state index in [2.05, 4.69) is 20.7 Å². The Morgan fingerprint density at radius 1 is 1.44 bits per heavy atom. The van der Waals surface area contributed by atoms with Crippen LogP contribution in [0.5, 0.6) is 0 Å². The molecule has 0 saturated heterocycles. The second-order valence-corrected chi connectivity index (χ2v) is 7.06. The molecule has 2 N–H and O–H groups in total. The molecule has 0 fully saturated rings. The van der Waals surface area contributed by atoms with Gasteiger partial charge in [0.05, 0.1) is 9.92 Å². The van der Waals surface area contributed by atoms with Crippen LogP contribution in [0, 0.1) is 0 Å². The monoisotopic (exact) mass is 355 g/mol. The minimum Gasteiger partial charge on any atom is -0.480 e. The Labute approximate surface area is 118 Å². The van der Waals surface area contributed by atoms with Crippen LogP contribution in [-0.2, 0) is 14.8 Å². The van der Waals surface area contributed by atoms with Crippen LogP contribution in [0.2, 0.25) is 5.02 Å². The summed E-state index contributed by atoms with van der Waals surface area (Å²) in [7, 11) is -3.92. The van der Waals surface area contributed by atoms with Gasteiger partial charge in [0.1, 0.15) is 5.54 Å². The average molecular weight is 357 g/mol. The van der Waals surface area contributed by atoms with E-state index in [9.17, 15) is 13.2 Å². The maximum Gasteiger partial charge on any atom is 0.324 e.